The van der Waals surface area contributed by atoms with Crippen molar-refractivity contribution in [2.24, 2.45) is 0 Å². The molecule has 0 nitrogen and oxygen atoms in total. The third kappa shape index (κ3) is 37.3. The van der Waals surface area contributed by atoms with Gasteiger partial charge in [-0.15, -0.1) is 47.2 Å². The second-order valence-corrected chi connectivity index (χ2v) is 11.2. The molecule has 0 aliphatic heterocycles. The molecule has 0 aliphatic rings. The first kappa shape index (κ1) is 68.9. The van der Waals surface area contributed by atoms with Crippen LogP contribution < -0.4 is 0 Å². The Kier molecular flexibility index (Phi) is 36.8. The molecule has 0 N–H and O–H groups in total. The molecule has 0 bridgehead atoms. The van der Waals surface area contributed by atoms with Crippen LogP contribution in [-0.2, 0) is 0 Å². The van der Waals surface area contributed by atoms with Gasteiger partial charge in [-0.1, -0.05) is 54.5 Å². The first-order chi connectivity index (χ1) is 20.3. The summed E-state index contributed by atoms with van der Waals surface area (Å²) < 4.78 is 226. The van der Waals surface area contributed by atoms with Crippen molar-refractivity contribution in [3.63, 3.8) is 0 Å². The zero-order valence-corrected chi connectivity index (χ0v) is 30.8. The molecule has 310 valence electrons. The van der Waals surface area contributed by atoms with Gasteiger partial charge in [-0.2, -0.15) is 61.5 Å². The van der Waals surface area contributed by atoms with Crippen LogP contribution >= 0.6 is 128 Å². The fourth-order valence-corrected chi connectivity index (χ4v) is 1.14. The molecule has 0 amide bonds. The van der Waals surface area contributed by atoms with Crippen molar-refractivity contribution in [1.29, 1.82) is 0 Å². The van der Waals surface area contributed by atoms with E-state index in [9.17, 15) is 87.8 Å². The van der Waals surface area contributed by atoms with E-state index < -0.39 is 84.4 Å². The van der Waals surface area contributed by atoms with E-state index in [1.807, 2.05) is 13.2 Å². The van der Waals surface area contributed by atoms with Gasteiger partial charge in [0.1, 0.15) is 0 Å². The third-order valence-corrected chi connectivity index (χ3v) is 6.69. The lowest BCUT2D eigenvalue weighted by Gasteiger charge is -2.18. The minimum absolute atomic E-state index is 0. The summed E-state index contributed by atoms with van der Waals surface area (Å²) in [5.41, 5.74) is 0. The van der Waals surface area contributed by atoms with Crippen LogP contribution in [0.15, 0.2) is 37.2 Å². The zero-order valence-electron chi connectivity index (χ0n) is 22.4. The number of rotatable bonds is 7. The smallest absolute Gasteiger partial charge is 0.269 e. The second kappa shape index (κ2) is 26.7. The molecule has 0 aliphatic carbocycles. The molecule has 0 radical (unpaired) electrons. The molecule has 0 heterocycles. The summed E-state index contributed by atoms with van der Waals surface area (Å²) in [5.74, 6) is -9.49. The van der Waals surface area contributed by atoms with Gasteiger partial charge in [0.25, 0.3) is 15.4 Å². The summed E-state index contributed by atoms with van der Waals surface area (Å²) in [6.45, 7) is 6.35. The quantitative estimate of drug-likeness (QED) is 0.176. The fourth-order valence-electron chi connectivity index (χ4n) is 0.227. The van der Waals surface area contributed by atoms with Crippen LogP contribution in [0.5, 0.6) is 0 Å². The van der Waals surface area contributed by atoms with Gasteiger partial charge >= 0.3 is 33.9 Å². The molecule has 0 saturated carbocycles. The number of alkyl halides is 27. The largest absolute Gasteiger partial charge is 0.442 e. The highest BCUT2D eigenvalue weighted by Gasteiger charge is 2.53. The molecular formula is C18H14Cl11F21. The average Bonchev–Trinajstić information content (AvgIpc) is 2.82. The van der Waals surface area contributed by atoms with Crippen LogP contribution in [0.3, 0.4) is 0 Å². The van der Waals surface area contributed by atoms with Crippen molar-refractivity contribution in [3.8, 4) is 0 Å². The standard InChI is InChI=1S/3C3H2Cl3F3.C3H2ClF3.2C3H2F4.ClH.FH/c3*4-1-2(5,7)3(6,8)9;1-2(5)3(4,6)7;2*1-2(4)3(5,6)7;;/h3*1H2;3*1H2;2*1H. The lowest BCUT2D eigenvalue weighted by Crippen LogP contribution is -2.35. The van der Waals surface area contributed by atoms with Crippen molar-refractivity contribution in [3.05, 3.63) is 37.2 Å². The van der Waals surface area contributed by atoms with E-state index in [0.29, 0.717) is 0 Å². The maximum Gasteiger partial charge on any atom is 0.442 e. The highest BCUT2D eigenvalue weighted by Crippen LogP contribution is 2.42. The van der Waals surface area contributed by atoms with Crippen LogP contribution in [0.1, 0.15) is 0 Å². The predicted octanol–water partition coefficient (Wildman–Crippen LogP) is 15.8. The Morgan fingerprint density at radius 2 is 0.480 bits per heavy atom. The van der Waals surface area contributed by atoms with Crippen molar-refractivity contribution < 1.29 is 92.5 Å². The van der Waals surface area contributed by atoms with E-state index in [4.69, 9.17) is 34.8 Å². The Morgan fingerprint density at radius 1 is 0.380 bits per heavy atom. The van der Waals surface area contributed by atoms with Crippen molar-refractivity contribution in [2.45, 2.75) is 49.3 Å². The van der Waals surface area contributed by atoms with Crippen molar-refractivity contribution in [2.75, 3.05) is 17.6 Å². The van der Waals surface area contributed by atoms with Gasteiger partial charge in [0.2, 0.25) is 0 Å². The average molecular weight is 1020 g/mol. The summed E-state index contributed by atoms with van der Waals surface area (Å²) in [7, 11) is 0. The summed E-state index contributed by atoms with van der Waals surface area (Å²) >= 11 is 44.3. The predicted molar refractivity (Wildman–Crippen MR) is 157 cm³/mol. The highest BCUT2D eigenvalue weighted by atomic mass is 35.5. The van der Waals surface area contributed by atoms with Gasteiger partial charge in [0.05, 0.1) is 17.6 Å². The lowest BCUT2D eigenvalue weighted by molar-refractivity contribution is -0.108. The van der Waals surface area contributed by atoms with E-state index in [1.54, 1.807) is 0 Å². The molecule has 0 aromatic rings. The molecule has 0 aromatic heterocycles. The van der Waals surface area contributed by atoms with Crippen LogP contribution in [-0.4, -0.2) is 66.9 Å². The van der Waals surface area contributed by atoms with Crippen molar-refractivity contribution >= 4 is 128 Å². The summed E-state index contributed by atoms with van der Waals surface area (Å²) in [6, 6.07) is 0. The minimum Gasteiger partial charge on any atom is -0.269 e. The molecule has 0 fully saturated rings. The Balaban J connectivity index is -0.0000000703. The fraction of sp³-hybridized carbons (Fsp3) is 0.667. The van der Waals surface area contributed by atoms with Crippen LogP contribution in [0, 0.1) is 0 Å². The van der Waals surface area contributed by atoms with Gasteiger partial charge in [0.15, 0.2) is 17.5 Å². The number of hydrogen-bond donors (Lipinski definition) is 0. The van der Waals surface area contributed by atoms with Crippen LogP contribution in [0.2, 0.25) is 0 Å². The van der Waals surface area contributed by atoms with E-state index in [-0.39, 0.29) is 17.1 Å². The number of hydrogen-bond acceptors (Lipinski definition) is 0. The van der Waals surface area contributed by atoms with Gasteiger partial charge < -0.3 is 0 Å². The van der Waals surface area contributed by atoms with E-state index in [2.05, 4.69) is 87.8 Å². The SMILES string of the molecule is C=C(F)C(F)(F)Cl.C=C(F)C(F)(F)F.C=C(F)C(F)(F)F.Cl.F.FC(F)(Cl)C(F)(Cl)CCl.FC(F)(Cl)C(F)(Cl)CCl.FC(F)(Cl)C(F)(Cl)CCl. The molecule has 0 spiro atoms. The molecule has 0 rings (SSSR count). The monoisotopic (exact) mass is 1010 g/mol. The minimum atomic E-state index is -4.86. The van der Waals surface area contributed by atoms with E-state index in [1.165, 1.54) is 0 Å². The molecule has 0 aromatic carbocycles. The first-order valence-corrected chi connectivity index (χ1v) is 13.8. The molecular weight excluding hydrogens is 1010 g/mol. The summed E-state index contributed by atoms with van der Waals surface area (Å²) in [6.07, 6.45) is -9.72. The molecule has 32 heteroatoms. The lowest BCUT2D eigenvalue weighted by atomic mass is 10.4. The van der Waals surface area contributed by atoms with E-state index in [0.717, 1.165) is 0 Å². The Morgan fingerprint density at radius 3 is 0.480 bits per heavy atom. The zero-order chi connectivity index (χ0) is 41.4. The van der Waals surface area contributed by atoms with Gasteiger partial charge in [0, 0.05) is 0 Å². The molecule has 3 atom stereocenters. The first-order valence-electron chi connectivity index (χ1n) is 9.53. The maximum absolute atomic E-state index is 12.1. The van der Waals surface area contributed by atoms with Gasteiger partial charge in [-0.25, -0.2) is 26.3 Å². The Hall–Kier alpha value is 0.940. The van der Waals surface area contributed by atoms with Gasteiger partial charge in [-0.3, -0.25) is 4.70 Å². The summed E-state index contributed by atoms with van der Waals surface area (Å²) in [4.78, 5) is 0. The molecule has 3 unspecified atom stereocenters. The number of allylic oxidation sites excluding steroid dienone is 3. The van der Waals surface area contributed by atoms with Crippen molar-refractivity contribution in [1.82, 2.24) is 0 Å². The van der Waals surface area contributed by atoms with Crippen LogP contribution in [0.4, 0.5) is 92.5 Å². The molecule has 0 saturated heterocycles. The maximum atomic E-state index is 12.1. The van der Waals surface area contributed by atoms with Crippen LogP contribution in [0.25, 0.3) is 0 Å². The third-order valence-electron chi connectivity index (χ3n) is 2.67. The summed E-state index contributed by atoms with van der Waals surface area (Å²) in [5, 5.41) is -26.3. The normalized spacial score (nSPS) is 15.2. The second-order valence-electron chi connectivity index (χ2n) is 6.72. The number of halogens is 32. The Labute approximate surface area is 323 Å². The van der Waals surface area contributed by atoms with Gasteiger partial charge in [-0.05, 0) is 46.4 Å². The van der Waals surface area contributed by atoms with E-state index >= 15 is 0 Å². The molecule has 50 heavy (non-hydrogen) atoms. The Bertz CT molecular complexity index is 811. The topological polar surface area (TPSA) is 0 Å². The highest BCUT2D eigenvalue weighted by molar-refractivity contribution is 6.37.